The minimum absolute atomic E-state index is 0. The Morgan fingerprint density at radius 1 is 0.577 bits per heavy atom. The van der Waals surface area contributed by atoms with Crippen molar-refractivity contribution in [2.75, 3.05) is 13.2 Å². The van der Waals surface area contributed by atoms with Crippen molar-refractivity contribution < 1.29 is 184 Å². The molecular formula is C4H12Na4O14P4. The van der Waals surface area contributed by atoms with Crippen molar-refractivity contribution in [2.45, 2.75) is 12.6 Å². The van der Waals surface area contributed by atoms with E-state index in [2.05, 4.69) is 18.1 Å². The molecule has 4 unspecified atom stereocenters. The Labute approximate surface area is 239 Å². The van der Waals surface area contributed by atoms with Crippen molar-refractivity contribution >= 4 is 33.0 Å². The molecule has 0 aliphatic carbocycles. The van der Waals surface area contributed by atoms with Gasteiger partial charge in [0.05, 0.1) is 13.2 Å². The van der Waals surface area contributed by atoms with Crippen molar-refractivity contribution in [3.8, 4) is 0 Å². The molecular weight excluding hydrogens is 488 g/mol. The predicted octanol–water partition coefficient (Wildman–Crippen LogP) is -16.3. The first kappa shape index (κ1) is 44.2. The molecule has 0 bridgehead atoms. The minimum Gasteiger partial charge on any atom is -0.781 e. The zero-order chi connectivity index (χ0) is 17.7. The molecule has 0 spiro atoms. The van der Waals surface area contributed by atoms with Gasteiger partial charge < -0.3 is 66.1 Å². The molecule has 2 N–H and O–H groups in total. The molecule has 0 aromatic carbocycles. The molecule has 22 heteroatoms. The summed E-state index contributed by atoms with van der Waals surface area (Å²) in [7, 11) is -14.1. The van der Waals surface area contributed by atoms with E-state index in [-0.39, 0.29) is 118 Å². The summed E-state index contributed by atoms with van der Waals surface area (Å²) in [5.74, 6) is 0. The van der Waals surface area contributed by atoms with Gasteiger partial charge in [0.15, 0.2) is 12.6 Å². The molecule has 0 saturated heterocycles. The summed E-state index contributed by atoms with van der Waals surface area (Å²) in [6, 6.07) is 0. The van der Waals surface area contributed by atoms with Gasteiger partial charge in [-0.25, -0.2) is 0 Å². The van der Waals surface area contributed by atoms with Crippen molar-refractivity contribution in [3.63, 3.8) is 0 Å². The van der Waals surface area contributed by atoms with Crippen LogP contribution in [-0.2, 0) is 36.4 Å². The number of aliphatic hydroxyl groups is 2. The molecule has 0 rings (SSSR count). The van der Waals surface area contributed by atoms with Crippen LogP contribution in [0.25, 0.3) is 0 Å². The van der Waals surface area contributed by atoms with Crippen LogP contribution in [-0.4, -0.2) is 36.0 Å². The SMILES string of the molecule is O=[PH]([O-])OC(CO)O[PH](=O)[O-].O=[PH]([O-])OC(CO)O[PH](=O)[O-].[Na+].[Na+].[Na+].[Na+]. The number of hydrogen-bond donors (Lipinski definition) is 2. The van der Waals surface area contributed by atoms with E-state index >= 15 is 0 Å². The summed E-state index contributed by atoms with van der Waals surface area (Å²) in [5.41, 5.74) is 0. The Balaban J connectivity index is -0.0000000667. The average Bonchev–Trinajstić information content (AvgIpc) is 2.35. The first-order chi connectivity index (χ1) is 10.1. The second-order valence-electron chi connectivity index (χ2n) is 2.70. The van der Waals surface area contributed by atoms with Crippen LogP contribution in [0.3, 0.4) is 0 Å². The van der Waals surface area contributed by atoms with Crippen LogP contribution in [0.4, 0.5) is 0 Å². The Bertz CT molecular complexity index is 333. The van der Waals surface area contributed by atoms with Crippen LogP contribution in [0.15, 0.2) is 0 Å². The molecule has 0 aliphatic heterocycles. The molecule has 4 atom stereocenters. The molecule has 136 valence electrons. The second kappa shape index (κ2) is 29.5. The quantitative estimate of drug-likeness (QED) is 0.161. The summed E-state index contributed by atoms with van der Waals surface area (Å²) >= 11 is 0. The Morgan fingerprint density at radius 3 is 0.808 bits per heavy atom. The van der Waals surface area contributed by atoms with Gasteiger partial charge >= 0.3 is 118 Å². The van der Waals surface area contributed by atoms with Crippen LogP contribution in [0, 0.1) is 0 Å². The van der Waals surface area contributed by atoms with Crippen LogP contribution >= 0.6 is 33.0 Å². The number of rotatable bonds is 10. The molecule has 14 nitrogen and oxygen atoms in total. The summed E-state index contributed by atoms with van der Waals surface area (Å²) in [5, 5.41) is 16.5. The van der Waals surface area contributed by atoms with Gasteiger partial charge in [-0.2, -0.15) is 0 Å². The maximum atomic E-state index is 9.82. The standard InChI is InChI=1S/2C2H8O7P2.4Na/c2*3-1-2(8-10(4)5)9-11(6)7;;;;/h2*2-3,10-11H,1H2,(H,4,5)(H,6,7);;;;/q;;4*+1/p-4. The topological polar surface area (TPSA) is 238 Å². The third-order valence-corrected chi connectivity index (χ3v) is 3.03. The summed E-state index contributed by atoms with van der Waals surface area (Å²) < 4.78 is 54.7. The fraction of sp³-hybridized carbons (Fsp3) is 1.00. The third-order valence-electron chi connectivity index (χ3n) is 1.21. The van der Waals surface area contributed by atoms with Gasteiger partial charge in [-0.3, -0.25) is 0 Å². The van der Waals surface area contributed by atoms with E-state index in [0.717, 1.165) is 0 Å². The van der Waals surface area contributed by atoms with E-state index < -0.39 is 58.8 Å². The van der Waals surface area contributed by atoms with Gasteiger partial charge in [-0.05, 0) is 0 Å². The first-order valence-electron chi connectivity index (χ1n) is 4.84. The van der Waals surface area contributed by atoms with E-state index in [1.54, 1.807) is 0 Å². The van der Waals surface area contributed by atoms with Crippen LogP contribution in [0.5, 0.6) is 0 Å². The predicted molar refractivity (Wildman–Crippen MR) is 62.1 cm³/mol. The van der Waals surface area contributed by atoms with Crippen molar-refractivity contribution in [3.05, 3.63) is 0 Å². The van der Waals surface area contributed by atoms with Crippen LogP contribution in [0.2, 0.25) is 0 Å². The van der Waals surface area contributed by atoms with E-state index in [4.69, 9.17) is 10.2 Å². The molecule has 0 aliphatic rings. The van der Waals surface area contributed by atoms with Gasteiger partial charge in [0.1, 0.15) is 33.0 Å². The first-order valence-corrected chi connectivity index (χ1v) is 9.74. The monoisotopic (exact) mass is 500 g/mol. The molecule has 26 heavy (non-hydrogen) atoms. The smallest absolute Gasteiger partial charge is 0.781 e. The minimum atomic E-state index is -3.54. The molecule has 0 aromatic rings. The molecule has 0 fully saturated rings. The fourth-order valence-corrected chi connectivity index (χ4v) is 2.17. The number of aliphatic hydroxyl groups excluding tert-OH is 2. The molecule has 0 radical (unpaired) electrons. The van der Waals surface area contributed by atoms with Crippen LogP contribution in [0.1, 0.15) is 0 Å². The zero-order valence-corrected chi connectivity index (χ0v) is 26.4. The third kappa shape index (κ3) is 35.9. The van der Waals surface area contributed by atoms with Crippen molar-refractivity contribution in [1.29, 1.82) is 0 Å². The zero-order valence-electron chi connectivity index (χ0n) is 14.4. The van der Waals surface area contributed by atoms with Gasteiger partial charge in [0, 0.05) is 0 Å². The molecule has 0 aromatic heterocycles. The Morgan fingerprint density at radius 2 is 0.731 bits per heavy atom. The molecule has 0 saturated carbocycles. The van der Waals surface area contributed by atoms with Crippen LogP contribution < -0.4 is 138 Å². The van der Waals surface area contributed by atoms with E-state index in [1.165, 1.54) is 0 Å². The van der Waals surface area contributed by atoms with E-state index in [9.17, 15) is 37.8 Å². The van der Waals surface area contributed by atoms with Gasteiger partial charge in [-0.1, -0.05) is 0 Å². The summed E-state index contributed by atoms with van der Waals surface area (Å²) in [6.07, 6.45) is -3.27. The fourth-order valence-electron chi connectivity index (χ4n) is 0.626. The van der Waals surface area contributed by atoms with Gasteiger partial charge in [0.25, 0.3) is 0 Å². The summed E-state index contributed by atoms with van der Waals surface area (Å²) in [6.45, 7) is -1.67. The Hall–Kier alpha value is 4.52. The normalized spacial score (nSPS) is 16.2. The average molecular weight is 500 g/mol. The van der Waals surface area contributed by atoms with Crippen molar-refractivity contribution in [1.82, 2.24) is 0 Å². The molecule has 0 heterocycles. The maximum Gasteiger partial charge on any atom is 1.00 e. The summed E-state index contributed by atoms with van der Waals surface area (Å²) in [4.78, 5) is 39.3. The maximum absolute atomic E-state index is 9.82. The van der Waals surface area contributed by atoms with Crippen molar-refractivity contribution in [2.24, 2.45) is 0 Å². The van der Waals surface area contributed by atoms with Gasteiger partial charge in [0.2, 0.25) is 0 Å². The van der Waals surface area contributed by atoms with E-state index in [1.807, 2.05) is 0 Å². The number of hydrogen-bond acceptors (Lipinski definition) is 14. The van der Waals surface area contributed by atoms with E-state index in [0.29, 0.717) is 0 Å². The Kier molecular flexibility index (Phi) is 50.2. The molecule has 0 amide bonds. The largest absolute Gasteiger partial charge is 1.00 e. The second-order valence-corrected chi connectivity index (χ2v) is 5.64. The van der Waals surface area contributed by atoms with Gasteiger partial charge in [-0.15, -0.1) is 0 Å².